The fraction of sp³-hybridized carbons (Fsp3) is 0.235. The summed E-state index contributed by atoms with van der Waals surface area (Å²) in [6.07, 6.45) is 3.09. The highest BCUT2D eigenvalue weighted by molar-refractivity contribution is 6.32. The van der Waals surface area contributed by atoms with Crippen LogP contribution < -0.4 is 10.1 Å². The zero-order valence-corrected chi connectivity index (χ0v) is 14.0. The summed E-state index contributed by atoms with van der Waals surface area (Å²) in [6.45, 7) is 5.95. The van der Waals surface area contributed by atoms with Gasteiger partial charge in [-0.15, -0.1) is 0 Å². The molecular weight excluding hydrogens is 314 g/mol. The van der Waals surface area contributed by atoms with Gasteiger partial charge in [0, 0.05) is 11.1 Å². The number of nitrogens with one attached hydrogen (secondary N) is 1. The number of hydrogen-bond donors (Lipinski definition) is 1. The molecule has 120 valence electrons. The second kappa shape index (κ2) is 7.74. The Hall–Kier alpha value is -2.40. The van der Waals surface area contributed by atoms with Gasteiger partial charge in [0.2, 0.25) is 5.91 Å². The smallest absolute Gasteiger partial charge is 0.316 e. The number of carbonyl (C=O) groups is 1. The SMILES string of the molecule is CCOc1nc(C)c(NC(=O)/C=C/c2ccccc2Cl)c(C)n1. The fourth-order valence-corrected chi connectivity index (χ4v) is 2.20. The highest BCUT2D eigenvalue weighted by atomic mass is 35.5. The average molecular weight is 332 g/mol. The van der Waals surface area contributed by atoms with Gasteiger partial charge in [-0.3, -0.25) is 4.79 Å². The molecular formula is C17H18ClN3O2. The Labute approximate surface area is 140 Å². The minimum Gasteiger partial charge on any atom is -0.464 e. The molecule has 1 heterocycles. The molecule has 2 rings (SSSR count). The Morgan fingerprint density at radius 3 is 2.52 bits per heavy atom. The lowest BCUT2D eigenvalue weighted by Crippen LogP contribution is -2.13. The number of carbonyl (C=O) groups excluding carboxylic acids is 1. The van der Waals surface area contributed by atoms with Gasteiger partial charge in [0.25, 0.3) is 0 Å². The minimum absolute atomic E-state index is 0.274. The molecule has 23 heavy (non-hydrogen) atoms. The topological polar surface area (TPSA) is 64.1 Å². The van der Waals surface area contributed by atoms with Crippen LogP contribution in [0.5, 0.6) is 6.01 Å². The lowest BCUT2D eigenvalue weighted by Gasteiger charge is -2.10. The quantitative estimate of drug-likeness (QED) is 0.846. The Kier molecular flexibility index (Phi) is 5.71. The van der Waals surface area contributed by atoms with Gasteiger partial charge >= 0.3 is 6.01 Å². The van der Waals surface area contributed by atoms with E-state index in [2.05, 4.69) is 15.3 Å². The van der Waals surface area contributed by atoms with Crippen LogP contribution in [-0.2, 0) is 4.79 Å². The van der Waals surface area contributed by atoms with Crippen molar-refractivity contribution in [2.45, 2.75) is 20.8 Å². The van der Waals surface area contributed by atoms with Crippen molar-refractivity contribution >= 4 is 29.3 Å². The summed E-state index contributed by atoms with van der Waals surface area (Å²) in [5.41, 5.74) is 2.67. The Morgan fingerprint density at radius 2 is 1.91 bits per heavy atom. The number of rotatable bonds is 5. The first-order valence-electron chi connectivity index (χ1n) is 7.23. The molecule has 0 unspecified atom stereocenters. The number of halogens is 1. The van der Waals surface area contributed by atoms with Gasteiger partial charge < -0.3 is 10.1 Å². The van der Waals surface area contributed by atoms with Crippen LogP contribution >= 0.6 is 11.6 Å². The van der Waals surface area contributed by atoms with Crippen LogP contribution in [0.25, 0.3) is 6.08 Å². The molecule has 2 aromatic rings. The molecule has 1 aromatic heterocycles. The van der Waals surface area contributed by atoms with Crippen LogP contribution in [0.2, 0.25) is 5.02 Å². The Morgan fingerprint density at radius 1 is 1.26 bits per heavy atom. The van der Waals surface area contributed by atoms with E-state index in [1.165, 1.54) is 6.08 Å². The van der Waals surface area contributed by atoms with E-state index in [1.807, 2.05) is 25.1 Å². The molecule has 1 aromatic carbocycles. The molecule has 0 aliphatic heterocycles. The molecule has 6 heteroatoms. The third kappa shape index (κ3) is 4.53. The molecule has 0 aliphatic rings. The van der Waals surface area contributed by atoms with Crippen LogP contribution in [0.4, 0.5) is 5.69 Å². The maximum atomic E-state index is 12.1. The number of anilines is 1. The zero-order chi connectivity index (χ0) is 16.8. The number of amides is 1. The molecule has 5 nitrogen and oxygen atoms in total. The molecule has 0 aliphatic carbocycles. The Balaban J connectivity index is 2.13. The highest BCUT2D eigenvalue weighted by Gasteiger charge is 2.11. The van der Waals surface area contributed by atoms with E-state index in [1.54, 1.807) is 26.0 Å². The largest absolute Gasteiger partial charge is 0.464 e. The van der Waals surface area contributed by atoms with E-state index >= 15 is 0 Å². The third-order valence-corrected chi connectivity index (χ3v) is 3.44. The number of hydrogen-bond acceptors (Lipinski definition) is 4. The first kappa shape index (κ1) is 17.0. The zero-order valence-electron chi connectivity index (χ0n) is 13.3. The molecule has 0 saturated heterocycles. The first-order chi connectivity index (χ1) is 11.0. The number of aromatic nitrogens is 2. The predicted octanol–water partition coefficient (Wildman–Crippen LogP) is 3.80. The maximum absolute atomic E-state index is 12.1. The van der Waals surface area contributed by atoms with Crippen LogP contribution in [0.15, 0.2) is 30.3 Å². The van der Waals surface area contributed by atoms with Crippen molar-refractivity contribution in [1.29, 1.82) is 0 Å². The van der Waals surface area contributed by atoms with Crippen molar-refractivity contribution < 1.29 is 9.53 Å². The number of aryl methyl sites for hydroxylation is 2. The van der Waals surface area contributed by atoms with E-state index in [0.29, 0.717) is 34.7 Å². The molecule has 1 amide bonds. The third-order valence-electron chi connectivity index (χ3n) is 3.09. The summed E-state index contributed by atoms with van der Waals surface area (Å²) in [6, 6.07) is 7.62. The predicted molar refractivity (Wildman–Crippen MR) is 91.8 cm³/mol. The summed E-state index contributed by atoms with van der Waals surface area (Å²) in [4.78, 5) is 20.5. The minimum atomic E-state index is -0.274. The van der Waals surface area contributed by atoms with Crippen molar-refractivity contribution in [3.8, 4) is 6.01 Å². The van der Waals surface area contributed by atoms with Crippen LogP contribution in [0.3, 0.4) is 0 Å². The second-order valence-corrected chi connectivity index (χ2v) is 5.24. The van der Waals surface area contributed by atoms with Crippen LogP contribution in [-0.4, -0.2) is 22.5 Å². The van der Waals surface area contributed by atoms with Gasteiger partial charge in [0.05, 0.1) is 23.7 Å². The molecule has 0 bridgehead atoms. The number of benzene rings is 1. The van der Waals surface area contributed by atoms with Gasteiger partial charge in [-0.2, -0.15) is 9.97 Å². The van der Waals surface area contributed by atoms with Gasteiger partial charge in [-0.05, 0) is 38.5 Å². The highest BCUT2D eigenvalue weighted by Crippen LogP contribution is 2.20. The van der Waals surface area contributed by atoms with Crippen LogP contribution in [0, 0.1) is 13.8 Å². The lowest BCUT2D eigenvalue weighted by atomic mass is 10.2. The van der Waals surface area contributed by atoms with E-state index < -0.39 is 0 Å². The summed E-state index contributed by atoms with van der Waals surface area (Å²) in [7, 11) is 0. The van der Waals surface area contributed by atoms with Crippen molar-refractivity contribution in [3.63, 3.8) is 0 Å². The van der Waals surface area contributed by atoms with E-state index in [9.17, 15) is 4.79 Å². The van der Waals surface area contributed by atoms with Crippen molar-refractivity contribution in [2.75, 3.05) is 11.9 Å². The first-order valence-corrected chi connectivity index (χ1v) is 7.60. The number of nitrogens with zero attached hydrogens (tertiary/aromatic N) is 2. The van der Waals surface area contributed by atoms with Crippen molar-refractivity contribution in [3.05, 3.63) is 52.3 Å². The van der Waals surface area contributed by atoms with Gasteiger partial charge in [-0.1, -0.05) is 29.8 Å². The maximum Gasteiger partial charge on any atom is 0.316 e. The summed E-state index contributed by atoms with van der Waals surface area (Å²) in [5.74, 6) is -0.274. The molecule has 0 saturated carbocycles. The molecule has 0 atom stereocenters. The van der Waals surface area contributed by atoms with Gasteiger partial charge in [-0.25, -0.2) is 0 Å². The van der Waals surface area contributed by atoms with E-state index in [-0.39, 0.29) is 5.91 Å². The summed E-state index contributed by atoms with van der Waals surface area (Å²) in [5, 5.41) is 3.38. The van der Waals surface area contributed by atoms with E-state index in [4.69, 9.17) is 16.3 Å². The van der Waals surface area contributed by atoms with E-state index in [0.717, 1.165) is 5.56 Å². The average Bonchev–Trinajstić information content (AvgIpc) is 2.50. The van der Waals surface area contributed by atoms with Crippen molar-refractivity contribution in [1.82, 2.24) is 9.97 Å². The van der Waals surface area contributed by atoms with Crippen LogP contribution in [0.1, 0.15) is 23.9 Å². The van der Waals surface area contributed by atoms with Crippen molar-refractivity contribution in [2.24, 2.45) is 0 Å². The molecule has 0 fully saturated rings. The van der Waals surface area contributed by atoms with Gasteiger partial charge in [0.1, 0.15) is 0 Å². The second-order valence-electron chi connectivity index (χ2n) is 4.83. The summed E-state index contributed by atoms with van der Waals surface area (Å²) >= 11 is 6.05. The summed E-state index contributed by atoms with van der Waals surface area (Å²) < 4.78 is 5.28. The normalized spacial score (nSPS) is 10.8. The lowest BCUT2D eigenvalue weighted by molar-refractivity contribution is -0.111. The fourth-order valence-electron chi connectivity index (χ4n) is 2.00. The standard InChI is InChI=1S/C17H18ClN3O2/c1-4-23-17-19-11(2)16(12(3)20-17)21-15(22)10-9-13-7-5-6-8-14(13)18/h5-10H,4H2,1-3H3,(H,21,22)/b10-9+. The Bertz CT molecular complexity index is 721. The molecule has 0 radical (unpaired) electrons. The number of ether oxygens (including phenoxy) is 1. The van der Waals surface area contributed by atoms with Gasteiger partial charge in [0.15, 0.2) is 0 Å². The molecule has 0 spiro atoms. The molecule has 1 N–H and O–H groups in total. The monoisotopic (exact) mass is 331 g/mol.